The Bertz CT molecular complexity index is 330. The first-order valence-electron chi connectivity index (χ1n) is 6.19. The van der Waals surface area contributed by atoms with E-state index in [0.29, 0.717) is 12.0 Å². The summed E-state index contributed by atoms with van der Waals surface area (Å²) >= 11 is 0. The first-order chi connectivity index (χ1) is 7.77. The van der Waals surface area contributed by atoms with Gasteiger partial charge in [-0.1, -0.05) is 19.9 Å². The maximum Gasteiger partial charge on any atom is 0.130 e. The van der Waals surface area contributed by atoms with Crippen LogP contribution in [0, 0.1) is 5.92 Å². The molecular weight excluding hydrogens is 198 g/mol. The van der Waals surface area contributed by atoms with Crippen molar-refractivity contribution in [2.24, 2.45) is 5.92 Å². The molecule has 1 atom stereocenters. The second-order valence-electron chi connectivity index (χ2n) is 4.86. The molecule has 2 rings (SSSR count). The van der Waals surface area contributed by atoms with Crippen LogP contribution in [0.3, 0.4) is 0 Å². The van der Waals surface area contributed by atoms with E-state index in [1.54, 1.807) is 0 Å². The molecule has 3 nitrogen and oxygen atoms in total. The average molecular weight is 219 g/mol. The van der Waals surface area contributed by atoms with E-state index in [1.165, 1.54) is 18.4 Å². The molecule has 1 fully saturated rings. The molecule has 1 aromatic rings. The van der Waals surface area contributed by atoms with E-state index in [0.717, 1.165) is 18.9 Å². The quantitative estimate of drug-likeness (QED) is 0.817. The van der Waals surface area contributed by atoms with Gasteiger partial charge in [0.2, 0.25) is 0 Å². The highest BCUT2D eigenvalue weighted by atomic mass is 15.0. The van der Waals surface area contributed by atoms with Crippen LogP contribution in [0.15, 0.2) is 18.3 Å². The fourth-order valence-electron chi connectivity index (χ4n) is 2.10. The van der Waals surface area contributed by atoms with Crippen molar-refractivity contribution in [1.82, 2.24) is 10.3 Å². The number of nitrogens with zero attached hydrogens (tertiary/aromatic N) is 1. The van der Waals surface area contributed by atoms with Crippen molar-refractivity contribution in [1.29, 1.82) is 0 Å². The highest BCUT2D eigenvalue weighted by molar-refractivity contribution is 5.46. The standard InChI is InChI=1S/C13H21N3/c1-10(2)9-16-13-11(5-3-8-15-13)12-6-4-7-14-12/h3,5,8,10,12,14H,4,6-7,9H2,1-2H3,(H,15,16)/t12-/m0/s1. The van der Waals surface area contributed by atoms with E-state index in [4.69, 9.17) is 0 Å². The van der Waals surface area contributed by atoms with Gasteiger partial charge in [0.15, 0.2) is 0 Å². The fourth-order valence-corrected chi connectivity index (χ4v) is 2.10. The molecule has 16 heavy (non-hydrogen) atoms. The lowest BCUT2D eigenvalue weighted by Gasteiger charge is -2.16. The second kappa shape index (κ2) is 5.30. The summed E-state index contributed by atoms with van der Waals surface area (Å²) in [5.74, 6) is 1.70. The van der Waals surface area contributed by atoms with Gasteiger partial charge < -0.3 is 10.6 Å². The lowest BCUT2D eigenvalue weighted by atomic mass is 10.1. The molecule has 0 amide bonds. The molecule has 88 valence electrons. The first-order valence-corrected chi connectivity index (χ1v) is 6.19. The molecule has 0 unspecified atom stereocenters. The lowest BCUT2D eigenvalue weighted by Crippen LogP contribution is -2.17. The fraction of sp³-hybridized carbons (Fsp3) is 0.615. The van der Waals surface area contributed by atoms with Gasteiger partial charge in [-0.05, 0) is 31.4 Å². The molecule has 0 bridgehead atoms. The molecule has 1 aromatic heterocycles. The molecule has 2 heterocycles. The number of pyridine rings is 1. The van der Waals surface area contributed by atoms with Crippen LogP contribution in [0.5, 0.6) is 0 Å². The zero-order chi connectivity index (χ0) is 11.4. The zero-order valence-electron chi connectivity index (χ0n) is 10.2. The zero-order valence-corrected chi connectivity index (χ0v) is 10.2. The number of rotatable bonds is 4. The van der Waals surface area contributed by atoms with E-state index in [9.17, 15) is 0 Å². The molecule has 2 N–H and O–H groups in total. The summed E-state index contributed by atoms with van der Waals surface area (Å²) in [4.78, 5) is 4.44. The first kappa shape index (κ1) is 11.4. The Labute approximate surface area is 97.7 Å². The van der Waals surface area contributed by atoms with Gasteiger partial charge in [0.1, 0.15) is 5.82 Å². The smallest absolute Gasteiger partial charge is 0.130 e. The molecule has 0 aromatic carbocycles. The lowest BCUT2D eigenvalue weighted by molar-refractivity contribution is 0.641. The summed E-state index contributed by atoms with van der Waals surface area (Å²) in [5, 5.41) is 6.96. The van der Waals surface area contributed by atoms with Crippen LogP contribution in [0.2, 0.25) is 0 Å². The van der Waals surface area contributed by atoms with Gasteiger partial charge in [-0.25, -0.2) is 4.98 Å². The third kappa shape index (κ3) is 2.73. The Morgan fingerprint density at radius 3 is 3.12 bits per heavy atom. The van der Waals surface area contributed by atoms with Crippen LogP contribution >= 0.6 is 0 Å². The van der Waals surface area contributed by atoms with E-state index in [2.05, 4.69) is 35.5 Å². The highest BCUT2D eigenvalue weighted by Gasteiger charge is 2.19. The van der Waals surface area contributed by atoms with Crippen molar-refractivity contribution < 1.29 is 0 Å². The van der Waals surface area contributed by atoms with Crippen molar-refractivity contribution in [3.05, 3.63) is 23.9 Å². The summed E-state index contributed by atoms with van der Waals surface area (Å²) in [6.45, 7) is 6.53. The SMILES string of the molecule is CC(C)CNc1ncccc1[C@@H]1CCCN1. The number of aromatic nitrogens is 1. The monoisotopic (exact) mass is 219 g/mol. The number of hydrogen-bond donors (Lipinski definition) is 2. The number of nitrogens with one attached hydrogen (secondary N) is 2. The minimum Gasteiger partial charge on any atom is -0.370 e. The Morgan fingerprint density at radius 1 is 1.56 bits per heavy atom. The van der Waals surface area contributed by atoms with Crippen molar-refractivity contribution in [3.8, 4) is 0 Å². The Hall–Kier alpha value is -1.09. The predicted molar refractivity (Wildman–Crippen MR) is 67.5 cm³/mol. The Kier molecular flexibility index (Phi) is 3.78. The number of anilines is 1. The van der Waals surface area contributed by atoms with Crippen molar-refractivity contribution in [3.63, 3.8) is 0 Å². The Balaban J connectivity index is 2.10. The molecule has 0 spiro atoms. The molecular formula is C13H21N3. The van der Waals surface area contributed by atoms with E-state index < -0.39 is 0 Å². The molecule has 0 saturated carbocycles. The van der Waals surface area contributed by atoms with E-state index in [1.807, 2.05) is 12.3 Å². The van der Waals surface area contributed by atoms with E-state index in [-0.39, 0.29) is 0 Å². The van der Waals surface area contributed by atoms with Gasteiger partial charge >= 0.3 is 0 Å². The summed E-state index contributed by atoms with van der Waals surface area (Å²) in [6.07, 6.45) is 4.35. The molecule has 0 aliphatic carbocycles. The molecule has 1 aliphatic rings. The minimum atomic E-state index is 0.489. The third-order valence-electron chi connectivity index (χ3n) is 2.95. The summed E-state index contributed by atoms with van der Waals surface area (Å²) in [7, 11) is 0. The van der Waals surface area contributed by atoms with Gasteiger partial charge in [-0.3, -0.25) is 0 Å². The number of hydrogen-bond acceptors (Lipinski definition) is 3. The van der Waals surface area contributed by atoms with Gasteiger partial charge in [0.25, 0.3) is 0 Å². The van der Waals surface area contributed by atoms with Crippen molar-refractivity contribution in [2.75, 3.05) is 18.4 Å². The van der Waals surface area contributed by atoms with Crippen molar-refractivity contribution >= 4 is 5.82 Å². The maximum atomic E-state index is 4.44. The van der Waals surface area contributed by atoms with Crippen LogP contribution in [-0.2, 0) is 0 Å². The molecule has 1 aliphatic heterocycles. The predicted octanol–water partition coefficient (Wildman–Crippen LogP) is 2.57. The van der Waals surface area contributed by atoms with Gasteiger partial charge in [0, 0.05) is 24.3 Å². The van der Waals surface area contributed by atoms with Crippen LogP contribution < -0.4 is 10.6 Å². The van der Waals surface area contributed by atoms with Crippen LogP contribution in [0.1, 0.15) is 38.3 Å². The van der Waals surface area contributed by atoms with Crippen molar-refractivity contribution in [2.45, 2.75) is 32.7 Å². The maximum absolute atomic E-state index is 4.44. The summed E-state index contributed by atoms with van der Waals surface area (Å²) < 4.78 is 0. The largest absolute Gasteiger partial charge is 0.370 e. The van der Waals surface area contributed by atoms with Crippen LogP contribution in [-0.4, -0.2) is 18.1 Å². The normalized spacial score (nSPS) is 20.3. The van der Waals surface area contributed by atoms with Gasteiger partial charge in [-0.15, -0.1) is 0 Å². The molecule has 3 heteroatoms. The van der Waals surface area contributed by atoms with Crippen LogP contribution in [0.4, 0.5) is 5.82 Å². The Morgan fingerprint density at radius 2 is 2.44 bits per heavy atom. The average Bonchev–Trinajstić information content (AvgIpc) is 2.80. The van der Waals surface area contributed by atoms with Gasteiger partial charge in [-0.2, -0.15) is 0 Å². The highest BCUT2D eigenvalue weighted by Crippen LogP contribution is 2.27. The van der Waals surface area contributed by atoms with Gasteiger partial charge in [0.05, 0.1) is 0 Å². The molecule has 1 saturated heterocycles. The molecule has 0 radical (unpaired) electrons. The third-order valence-corrected chi connectivity index (χ3v) is 2.95. The minimum absolute atomic E-state index is 0.489. The summed E-state index contributed by atoms with van der Waals surface area (Å²) in [6, 6.07) is 4.69. The van der Waals surface area contributed by atoms with Crippen LogP contribution in [0.25, 0.3) is 0 Å². The second-order valence-corrected chi connectivity index (χ2v) is 4.86. The summed E-state index contributed by atoms with van der Waals surface area (Å²) in [5.41, 5.74) is 1.32. The topological polar surface area (TPSA) is 37.0 Å². The van der Waals surface area contributed by atoms with E-state index >= 15 is 0 Å².